The molecule has 0 bridgehead atoms. The Kier molecular flexibility index (Phi) is 8.96. The number of nitrogens with zero attached hydrogens (tertiary/aromatic N) is 5. The summed E-state index contributed by atoms with van der Waals surface area (Å²) in [4.78, 5) is 51.0. The molecule has 1 aliphatic carbocycles. The van der Waals surface area contributed by atoms with Crippen LogP contribution in [0, 0.1) is 0 Å². The summed E-state index contributed by atoms with van der Waals surface area (Å²) in [5.74, 6) is 1.61. The van der Waals surface area contributed by atoms with Crippen LogP contribution in [0.4, 0.5) is 9.59 Å². The predicted molar refractivity (Wildman–Crippen MR) is 197 cm³/mol. The van der Waals surface area contributed by atoms with Gasteiger partial charge < -0.3 is 19.4 Å². The van der Waals surface area contributed by atoms with Gasteiger partial charge in [0.05, 0.1) is 35.2 Å². The zero-order valence-corrected chi connectivity index (χ0v) is 31.0. The van der Waals surface area contributed by atoms with Gasteiger partial charge in [-0.25, -0.2) is 19.6 Å². The molecule has 270 valence electrons. The van der Waals surface area contributed by atoms with E-state index in [1.165, 1.54) is 5.57 Å². The quantitative estimate of drug-likeness (QED) is 0.213. The maximum absolute atomic E-state index is 12.9. The molecule has 2 saturated heterocycles. The van der Waals surface area contributed by atoms with Gasteiger partial charge in [0.25, 0.3) is 0 Å². The SMILES string of the molecule is CC(C)(C)OC(=O)N1CCC[C@H]1c1nc(-c2ccc3nc(C4(C)CC=C(c5cnc([C@@H]6CCCN6C(=O)OC(C)(C)C)[nH]5)CC4)ccc3c2)c[nH]1. The largest absolute Gasteiger partial charge is 0.444 e. The van der Waals surface area contributed by atoms with E-state index in [9.17, 15) is 9.59 Å². The molecule has 3 aromatic heterocycles. The lowest BCUT2D eigenvalue weighted by Crippen LogP contribution is -2.36. The van der Waals surface area contributed by atoms with E-state index in [-0.39, 0.29) is 29.7 Å². The van der Waals surface area contributed by atoms with Crippen LogP contribution < -0.4 is 0 Å². The highest BCUT2D eigenvalue weighted by atomic mass is 16.6. The normalized spacial score (nSPS) is 22.8. The summed E-state index contributed by atoms with van der Waals surface area (Å²) in [5.41, 5.74) is 5.01. The predicted octanol–water partition coefficient (Wildman–Crippen LogP) is 9.02. The zero-order valence-electron chi connectivity index (χ0n) is 31.0. The Balaban J connectivity index is 1.02. The first-order valence-electron chi connectivity index (χ1n) is 18.4. The Bertz CT molecular complexity index is 1960. The molecule has 0 radical (unpaired) electrons. The molecule has 2 N–H and O–H groups in total. The lowest BCUT2D eigenvalue weighted by Gasteiger charge is -2.32. The number of benzene rings is 1. The van der Waals surface area contributed by atoms with Gasteiger partial charge in [0, 0.05) is 41.3 Å². The molecule has 2 fully saturated rings. The van der Waals surface area contributed by atoms with Crippen molar-refractivity contribution in [3.8, 4) is 11.3 Å². The highest BCUT2D eigenvalue weighted by Crippen LogP contribution is 2.41. The molecule has 5 heterocycles. The molecule has 1 aromatic carbocycles. The van der Waals surface area contributed by atoms with Crippen LogP contribution in [-0.2, 0) is 14.9 Å². The summed E-state index contributed by atoms with van der Waals surface area (Å²) in [6.07, 6.45) is 11.9. The number of nitrogens with one attached hydrogen (secondary N) is 2. The van der Waals surface area contributed by atoms with Crippen molar-refractivity contribution < 1.29 is 19.1 Å². The third kappa shape index (κ3) is 7.39. The monoisotopic (exact) mass is 693 g/mol. The maximum atomic E-state index is 12.9. The molecule has 11 nitrogen and oxygen atoms in total. The minimum Gasteiger partial charge on any atom is -0.444 e. The number of hydrogen-bond acceptors (Lipinski definition) is 7. The molecule has 0 saturated carbocycles. The number of rotatable bonds is 5. The van der Waals surface area contributed by atoms with Gasteiger partial charge in [0.15, 0.2) is 0 Å². The summed E-state index contributed by atoms with van der Waals surface area (Å²) in [6, 6.07) is 10.4. The van der Waals surface area contributed by atoms with Crippen LogP contribution in [0.25, 0.3) is 27.7 Å². The fourth-order valence-corrected chi connectivity index (χ4v) is 7.57. The average Bonchev–Trinajstić information content (AvgIpc) is 3.89. The third-order valence-electron chi connectivity index (χ3n) is 10.3. The molecule has 1 unspecified atom stereocenters. The van der Waals surface area contributed by atoms with E-state index in [4.69, 9.17) is 24.4 Å². The Morgan fingerprint density at radius 3 is 2.18 bits per heavy atom. The molecule has 3 aliphatic rings. The number of amides is 2. The minimum absolute atomic E-state index is 0.0867. The van der Waals surface area contributed by atoms with Gasteiger partial charge in [-0.15, -0.1) is 0 Å². The summed E-state index contributed by atoms with van der Waals surface area (Å²) in [5, 5.41) is 1.06. The number of aromatic amines is 2. The number of pyridine rings is 1. The van der Waals surface area contributed by atoms with Crippen LogP contribution in [0.2, 0.25) is 0 Å². The van der Waals surface area contributed by atoms with Crippen molar-refractivity contribution in [2.45, 2.75) is 122 Å². The lowest BCUT2D eigenvalue weighted by molar-refractivity contribution is 0.0208. The molecule has 3 atom stereocenters. The van der Waals surface area contributed by atoms with Crippen molar-refractivity contribution >= 4 is 28.7 Å². The van der Waals surface area contributed by atoms with Crippen LogP contribution in [0.3, 0.4) is 0 Å². The molecule has 11 heteroatoms. The highest BCUT2D eigenvalue weighted by Gasteiger charge is 2.37. The Morgan fingerprint density at radius 2 is 1.55 bits per heavy atom. The van der Waals surface area contributed by atoms with E-state index in [0.29, 0.717) is 13.1 Å². The van der Waals surface area contributed by atoms with Crippen LogP contribution >= 0.6 is 0 Å². The van der Waals surface area contributed by atoms with E-state index in [1.54, 1.807) is 9.80 Å². The lowest BCUT2D eigenvalue weighted by atomic mass is 9.73. The molecule has 2 aliphatic heterocycles. The summed E-state index contributed by atoms with van der Waals surface area (Å²) >= 11 is 0. The number of H-pyrrole nitrogens is 2. The minimum atomic E-state index is -0.541. The number of fused-ring (bicyclic) bond motifs is 1. The van der Waals surface area contributed by atoms with E-state index in [2.05, 4.69) is 53.3 Å². The second kappa shape index (κ2) is 13.1. The zero-order chi connectivity index (χ0) is 36.1. The number of likely N-dealkylation sites (tertiary alicyclic amines) is 2. The molecular weight excluding hydrogens is 642 g/mol. The van der Waals surface area contributed by atoms with Crippen LogP contribution in [-0.4, -0.2) is 71.2 Å². The van der Waals surface area contributed by atoms with Crippen LogP contribution in [0.1, 0.15) is 129 Å². The summed E-state index contributed by atoms with van der Waals surface area (Å²) < 4.78 is 11.3. The summed E-state index contributed by atoms with van der Waals surface area (Å²) in [6.45, 7) is 15.0. The van der Waals surface area contributed by atoms with Gasteiger partial charge in [0.2, 0.25) is 0 Å². The number of imidazole rings is 2. The first-order chi connectivity index (χ1) is 24.2. The van der Waals surface area contributed by atoms with Crippen LogP contribution in [0.15, 0.2) is 48.8 Å². The summed E-state index contributed by atoms with van der Waals surface area (Å²) in [7, 11) is 0. The van der Waals surface area contributed by atoms with Crippen molar-refractivity contribution in [1.29, 1.82) is 0 Å². The molecular formula is C40H51N7O4. The van der Waals surface area contributed by atoms with Crippen molar-refractivity contribution in [3.63, 3.8) is 0 Å². The molecule has 2 amide bonds. The maximum Gasteiger partial charge on any atom is 0.410 e. The third-order valence-corrected chi connectivity index (χ3v) is 10.3. The van der Waals surface area contributed by atoms with Crippen molar-refractivity contribution in [3.05, 3.63) is 71.8 Å². The van der Waals surface area contributed by atoms with E-state index in [1.807, 2.05) is 53.9 Å². The number of aromatic nitrogens is 5. The fraction of sp³-hybridized carbons (Fsp3) is 0.525. The van der Waals surface area contributed by atoms with Crippen molar-refractivity contribution in [2.24, 2.45) is 0 Å². The van der Waals surface area contributed by atoms with Crippen LogP contribution in [0.5, 0.6) is 0 Å². The average molecular weight is 694 g/mol. The molecule has 51 heavy (non-hydrogen) atoms. The van der Waals surface area contributed by atoms with Gasteiger partial charge in [-0.2, -0.15) is 0 Å². The number of hydrogen-bond donors (Lipinski definition) is 2. The van der Waals surface area contributed by atoms with Gasteiger partial charge in [-0.1, -0.05) is 25.1 Å². The number of carbonyl (C=O) groups is 2. The topological polar surface area (TPSA) is 129 Å². The van der Waals surface area contributed by atoms with Gasteiger partial charge in [-0.05, 0) is 110 Å². The molecule has 7 rings (SSSR count). The van der Waals surface area contributed by atoms with Gasteiger partial charge in [-0.3, -0.25) is 14.8 Å². The molecule has 0 spiro atoms. The van der Waals surface area contributed by atoms with Crippen molar-refractivity contribution in [2.75, 3.05) is 13.1 Å². The number of allylic oxidation sites excluding steroid dienone is 2. The molecule has 4 aromatic rings. The van der Waals surface area contributed by atoms with E-state index >= 15 is 0 Å². The second-order valence-corrected chi connectivity index (χ2v) is 16.6. The Labute approximate surface area is 300 Å². The number of carbonyl (C=O) groups excluding carboxylic acids is 2. The first kappa shape index (κ1) is 34.8. The second-order valence-electron chi connectivity index (χ2n) is 16.6. The first-order valence-corrected chi connectivity index (χ1v) is 18.4. The Morgan fingerprint density at radius 1 is 0.882 bits per heavy atom. The van der Waals surface area contributed by atoms with Gasteiger partial charge >= 0.3 is 12.2 Å². The Hall–Kier alpha value is -4.67. The number of ether oxygens (including phenoxy) is 2. The standard InChI is InChI=1S/C40H51N7O4/c1-38(2,3)50-36(48)46-20-8-10-31(46)34-41-23-29(44-34)25-16-18-40(7,19-17-25)33-15-13-26-22-27(12-14-28(26)43-33)30-24-42-35(45-30)32-11-9-21-47(32)37(49)51-39(4,5)6/h12-16,22-24,31-32H,8-11,17-21H2,1-7H3,(H,41,44)(H,42,45)/t31-,32-,40?/m0/s1. The van der Waals surface area contributed by atoms with Gasteiger partial charge in [0.1, 0.15) is 22.9 Å². The van der Waals surface area contributed by atoms with E-state index < -0.39 is 11.2 Å². The fourth-order valence-electron chi connectivity index (χ4n) is 7.57. The van der Waals surface area contributed by atoms with Crippen molar-refractivity contribution in [1.82, 2.24) is 34.7 Å². The van der Waals surface area contributed by atoms with E-state index in [0.717, 1.165) is 90.1 Å². The highest BCUT2D eigenvalue weighted by molar-refractivity contribution is 5.84. The smallest absolute Gasteiger partial charge is 0.410 e.